The molecule has 1 aromatic rings. The predicted octanol–water partition coefficient (Wildman–Crippen LogP) is 0.429. The molecule has 0 saturated carbocycles. The van der Waals surface area contributed by atoms with Crippen molar-refractivity contribution in [3.8, 4) is 0 Å². The second kappa shape index (κ2) is 4.99. The number of nitrogens with one attached hydrogen (secondary N) is 2. The van der Waals surface area contributed by atoms with Crippen molar-refractivity contribution >= 4 is 11.9 Å². The lowest BCUT2D eigenvalue weighted by Crippen LogP contribution is -2.25. The third-order valence-electron chi connectivity index (χ3n) is 2.66. The first kappa shape index (κ1) is 11.6. The van der Waals surface area contributed by atoms with Gasteiger partial charge in [-0.15, -0.1) is 0 Å². The number of amides is 1. The maximum atomic E-state index is 11.8. The van der Waals surface area contributed by atoms with Crippen molar-refractivity contribution in [2.24, 2.45) is 4.99 Å². The SMILES string of the molecule is CCCN=C1NC(=O)C(c2cncn2CC)N1. The highest BCUT2D eigenvalue weighted by molar-refractivity contribution is 6.06. The van der Waals surface area contributed by atoms with Crippen LogP contribution in [0, 0.1) is 0 Å². The molecule has 0 aromatic carbocycles. The molecule has 92 valence electrons. The second-order valence-electron chi connectivity index (χ2n) is 3.90. The van der Waals surface area contributed by atoms with E-state index in [1.165, 1.54) is 0 Å². The number of carbonyl (C=O) groups excluding carboxylic acids is 1. The van der Waals surface area contributed by atoms with Gasteiger partial charge >= 0.3 is 0 Å². The molecule has 1 aliphatic heterocycles. The van der Waals surface area contributed by atoms with Gasteiger partial charge in [0.25, 0.3) is 5.91 Å². The molecule has 1 unspecified atom stereocenters. The highest BCUT2D eigenvalue weighted by atomic mass is 16.2. The Labute approximate surface area is 100 Å². The molecule has 1 fully saturated rings. The van der Waals surface area contributed by atoms with Gasteiger partial charge in [-0.1, -0.05) is 6.92 Å². The van der Waals surface area contributed by atoms with E-state index < -0.39 is 0 Å². The van der Waals surface area contributed by atoms with Gasteiger partial charge in [0.15, 0.2) is 12.0 Å². The summed E-state index contributed by atoms with van der Waals surface area (Å²) in [6.07, 6.45) is 4.40. The average Bonchev–Trinajstić information content (AvgIpc) is 2.92. The lowest BCUT2D eigenvalue weighted by Gasteiger charge is -2.09. The molecule has 2 N–H and O–H groups in total. The van der Waals surface area contributed by atoms with Crippen LogP contribution >= 0.6 is 0 Å². The third-order valence-corrected chi connectivity index (χ3v) is 2.66. The number of aliphatic imine (C=N–C) groups is 1. The molecule has 6 nitrogen and oxygen atoms in total. The monoisotopic (exact) mass is 235 g/mol. The lowest BCUT2D eigenvalue weighted by atomic mass is 10.2. The number of aromatic nitrogens is 2. The largest absolute Gasteiger partial charge is 0.339 e. The highest BCUT2D eigenvalue weighted by Gasteiger charge is 2.31. The van der Waals surface area contributed by atoms with E-state index in [-0.39, 0.29) is 11.9 Å². The molecule has 1 aromatic heterocycles. The molecule has 2 rings (SSSR count). The Morgan fingerprint density at radius 3 is 3.06 bits per heavy atom. The van der Waals surface area contributed by atoms with Crippen LogP contribution in [0.2, 0.25) is 0 Å². The first-order valence-corrected chi connectivity index (χ1v) is 5.88. The molecule has 2 heterocycles. The lowest BCUT2D eigenvalue weighted by molar-refractivity contribution is -0.120. The predicted molar refractivity (Wildman–Crippen MR) is 64.5 cm³/mol. The fourth-order valence-corrected chi connectivity index (χ4v) is 1.78. The van der Waals surface area contributed by atoms with Crippen LogP contribution in [0.1, 0.15) is 32.0 Å². The van der Waals surface area contributed by atoms with E-state index in [2.05, 4.69) is 20.6 Å². The highest BCUT2D eigenvalue weighted by Crippen LogP contribution is 2.16. The molecular weight excluding hydrogens is 218 g/mol. The van der Waals surface area contributed by atoms with Gasteiger partial charge in [-0.3, -0.25) is 15.1 Å². The van der Waals surface area contributed by atoms with Crippen molar-refractivity contribution in [1.82, 2.24) is 20.2 Å². The molecule has 0 bridgehead atoms. The van der Waals surface area contributed by atoms with Gasteiger partial charge in [0.1, 0.15) is 0 Å². The van der Waals surface area contributed by atoms with Gasteiger partial charge in [0, 0.05) is 13.1 Å². The van der Waals surface area contributed by atoms with Gasteiger partial charge in [0.2, 0.25) is 0 Å². The van der Waals surface area contributed by atoms with E-state index >= 15 is 0 Å². The number of hydrogen-bond acceptors (Lipinski definition) is 3. The maximum absolute atomic E-state index is 11.8. The molecule has 1 amide bonds. The summed E-state index contributed by atoms with van der Waals surface area (Å²) >= 11 is 0. The minimum Gasteiger partial charge on any atom is -0.339 e. The Hall–Kier alpha value is -1.85. The van der Waals surface area contributed by atoms with Crippen molar-refractivity contribution in [2.45, 2.75) is 32.9 Å². The smallest absolute Gasteiger partial charge is 0.255 e. The van der Waals surface area contributed by atoms with Crippen molar-refractivity contribution in [3.63, 3.8) is 0 Å². The van der Waals surface area contributed by atoms with Crippen molar-refractivity contribution in [2.75, 3.05) is 6.54 Å². The maximum Gasteiger partial charge on any atom is 0.255 e. The molecule has 1 saturated heterocycles. The van der Waals surface area contributed by atoms with E-state index in [0.717, 1.165) is 18.7 Å². The zero-order valence-electron chi connectivity index (χ0n) is 10.1. The van der Waals surface area contributed by atoms with Crippen molar-refractivity contribution in [3.05, 3.63) is 18.2 Å². The summed E-state index contributed by atoms with van der Waals surface area (Å²) in [5.74, 6) is 0.487. The molecule has 1 atom stereocenters. The number of aryl methyl sites for hydroxylation is 1. The number of nitrogens with zero attached hydrogens (tertiary/aromatic N) is 3. The summed E-state index contributed by atoms with van der Waals surface area (Å²) in [5, 5.41) is 5.82. The molecular formula is C11H17N5O. The van der Waals surface area contributed by atoms with E-state index in [4.69, 9.17) is 0 Å². The van der Waals surface area contributed by atoms with Crippen molar-refractivity contribution < 1.29 is 4.79 Å². The van der Waals surface area contributed by atoms with Gasteiger partial charge in [0.05, 0.1) is 18.2 Å². The number of guanidine groups is 1. The van der Waals surface area contributed by atoms with Gasteiger partial charge in [-0.25, -0.2) is 4.98 Å². The first-order chi connectivity index (χ1) is 8.26. The summed E-state index contributed by atoms with van der Waals surface area (Å²) in [6, 6.07) is -0.381. The summed E-state index contributed by atoms with van der Waals surface area (Å²) < 4.78 is 1.94. The van der Waals surface area contributed by atoms with Gasteiger partial charge in [-0.05, 0) is 13.3 Å². The zero-order chi connectivity index (χ0) is 12.3. The third kappa shape index (κ3) is 2.30. The molecule has 17 heavy (non-hydrogen) atoms. The Morgan fingerprint density at radius 1 is 1.53 bits per heavy atom. The minimum atomic E-state index is -0.381. The van der Waals surface area contributed by atoms with Crippen LogP contribution in [-0.4, -0.2) is 28.0 Å². The molecule has 0 spiro atoms. The van der Waals surface area contributed by atoms with E-state index in [9.17, 15) is 4.79 Å². The van der Waals surface area contributed by atoms with Gasteiger partial charge in [-0.2, -0.15) is 0 Å². The summed E-state index contributed by atoms with van der Waals surface area (Å²) in [6.45, 7) is 5.57. The Bertz CT molecular complexity index is 437. The van der Waals surface area contributed by atoms with Crippen LogP contribution < -0.4 is 10.6 Å². The Morgan fingerprint density at radius 2 is 2.35 bits per heavy atom. The normalized spacial score (nSPS) is 21.6. The molecule has 0 aliphatic carbocycles. The Balaban J connectivity index is 2.16. The summed E-state index contributed by atoms with van der Waals surface area (Å²) in [4.78, 5) is 20.1. The second-order valence-corrected chi connectivity index (χ2v) is 3.90. The average molecular weight is 235 g/mol. The number of hydrogen-bond donors (Lipinski definition) is 2. The quantitative estimate of drug-likeness (QED) is 0.795. The van der Waals surface area contributed by atoms with Crippen LogP contribution in [0.5, 0.6) is 0 Å². The Kier molecular flexibility index (Phi) is 3.41. The zero-order valence-corrected chi connectivity index (χ0v) is 10.1. The summed E-state index contributed by atoms with van der Waals surface area (Å²) in [5.41, 5.74) is 0.867. The fourth-order valence-electron chi connectivity index (χ4n) is 1.78. The van der Waals surface area contributed by atoms with Crippen molar-refractivity contribution in [1.29, 1.82) is 0 Å². The molecule has 1 aliphatic rings. The fraction of sp³-hybridized carbons (Fsp3) is 0.545. The molecule has 0 radical (unpaired) electrons. The minimum absolute atomic E-state index is 0.0740. The standard InChI is InChI=1S/C11H17N5O/c1-3-5-13-11-14-9(10(17)15-11)8-6-12-7-16(8)4-2/h6-7,9H,3-5H2,1-2H3,(H2,13,14,15,17). The molecule has 6 heteroatoms. The van der Waals surface area contributed by atoms with Gasteiger partial charge < -0.3 is 9.88 Å². The number of rotatable bonds is 4. The van der Waals surface area contributed by atoms with Crippen LogP contribution in [0.25, 0.3) is 0 Å². The number of imidazole rings is 1. The topological polar surface area (TPSA) is 71.3 Å². The van der Waals surface area contributed by atoms with E-state index in [0.29, 0.717) is 12.5 Å². The van der Waals surface area contributed by atoms with Crippen LogP contribution in [-0.2, 0) is 11.3 Å². The summed E-state index contributed by atoms with van der Waals surface area (Å²) in [7, 11) is 0. The van der Waals surface area contributed by atoms with E-state index in [1.807, 2.05) is 18.4 Å². The van der Waals surface area contributed by atoms with E-state index in [1.54, 1.807) is 12.5 Å². The van der Waals surface area contributed by atoms with Crippen LogP contribution in [0.15, 0.2) is 17.5 Å². The first-order valence-electron chi connectivity index (χ1n) is 5.88. The van der Waals surface area contributed by atoms with Crippen LogP contribution in [0.3, 0.4) is 0 Å². The number of carbonyl (C=O) groups is 1. The van der Waals surface area contributed by atoms with Crippen LogP contribution in [0.4, 0.5) is 0 Å².